The SMILES string of the molecule is COc1ccc(O)c(C2NC(=O)c3ccccc3N2)c1. The molecule has 0 spiro atoms. The quantitative estimate of drug-likeness (QED) is 0.782. The number of hydrogen-bond donors (Lipinski definition) is 3. The zero-order chi connectivity index (χ0) is 14.1. The number of phenols is 1. The molecular formula is C15H14N2O3. The number of carbonyl (C=O) groups excluding carboxylic acids is 1. The molecule has 0 aliphatic carbocycles. The topological polar surface area (TPSA) is 70.6 Å². The van der Waals surface area contributed by atoms with Crippen molar-refractivity contribution < 1.29 is 14.6 Å². The van der Waals surface area contributed by atoms with Crippen molar-refractivity contribution in [3.05, 3.63) is 53.6 Å². The maximum Gasteiger partial charge on any atom is 0.255 e. The van der Waals surface area contributed by atoms with E-state index in [2.05, 4.69) is 10.6 Å². The molecule has 1 aliphatic rings. The molecule has 0 saturated carbocycles. The van der Waals surface area contributed by atoms with Crippen LogP contribution in [0.2, 0.25) is 0 Å². The summed E-state index contributed by atoms with van der Waals surface area (Å²) in [5.74, 6) is 0.544. The minimum Gasteiger partial charge on any atom is -0.508 e. The fourth-order valence-corrected chi connectivity index (χ4v) is 2.25. The highest BCUT2D eigenvalue weighted by Gasteiger charge is 2.26. The Bertz CT molecular complexity index is 670. The lowest BCUT2D eigenvalue weighted by Gasteiger charge is -2.28. The average Bonchev–Trinajstić information content (AvgIpc) is 2.48. The number of aromatic hydroxyl groups is 1. The molecule has 3 N–H and O–H groups in total. The van der Waals surface area contributed by atoms with Gasteiger partial charge in [-0.3, -0.25) is 4.79 Å². The molecule has 3 rings (SSSR count). The van der Waals surface area contributed by atoms with Gasteiger partial charge in [0.25, 0.3) is 5.91 Å². The third-order valence-electron chi connectivity index (χ3n) is 3.29. The highest BCUT2D eigenvalue weighted by molar-refractivity contribution is 6.01. The summed E-state index contributed by atoms with van der Waals surface area (Å²) in [4.78, 5) is 12.1. The lowest BCUT2D eigenvalue weighted by molar-refractivity contribution is 0.0935. The van der Waals surface area contributed by atoms with Gasteiger partial charge < -0.3 is 20.5 Å². The molecule has 0 aromatic heterocycles. The van der Waals surface area contributed by atoms with E-state index in [4.69, 9.17) is 4.74 Å². The summed E-state index contributed by atoms with van der Waals surface area (Å²) < 4.78 is 5.15. The predicted molar refractivity (Wildman–Crippen MR) is 74.9 cm³/mol. The summed E-state index contributed by atoms with van der Waals surface area (Å²) >= 11 is 0. The van der Waals surface area contributed by atoms with E-state index >= 15 is 0 Å². The molecule has 0 fully saturated rings. The van der Waals surface area contributed by atoms with Crippen molar-refractivity contribution >= 4 is 11.6 Å². The lowest BCUT2D eigenvalue weighted by atomic mass is 10.0. The molecule has 1 amide bonds. The van der Waals surface area contributed by atoms with Crippen LogP contribution in [0.25, 0.3) is 0 Å². The zero-order valence-corrected chi connectivity index (χ0v) is 10.9. The summed E-state index contributed by atoms with van der Waals surface area (Å²) in [6.07, 6.45) is -0.493. The average molecular weight is 270 g/mol. The number of amides is 1. The van der Waals surface area contributed by atoms with Crippen molar-refractivity contribution in [2.24, 2.45) is 0 Å². The fourth-order valence-electron chi connectivity index (χ4n) is 2.25. The number of methoxy groups -OCH3 is 1. The maximum atomic E-state index is 12.1. The molecule has 0 saturated heterocycles. The third kappa shape index (κ3) is 2.03. The van der Waals surface area contributed by atoms with E-state index in [1.165, 1.54) is 0 Å². The number of benzene rings is 2. The molecule has 5 heteroatoms. The summed E-state index contributed by atoms with van der Waals surface area (Å²) in [5, 5.41) is 16.0. The number of ether oxygens (including phenoxy) is 1. The highest BCUT2D eigenvalue weighted by Crippen LogP contribution is 2.32. The molecule has 2 aromatic rings. The van der Waals surface area contributed by atoms with Crippen LogP contribution in [-0.2, 0) is 0 Å². The van der Waals surface area contributed by atoms with E-state index < -0.39 is 6.17 Å². The van der Waals surface area contributed by atoms with E-state index in [0.717, 1.165) is 5.69 Å². The Balaban J connectivity index is 1.99. The van der Waals surface area contributed by atoms with E-state index in [0.29, 0.717) is 16.9 Å². The first-order chi connectivity index (χ1) is 9.69. The second kappa shape index (κ2) is 4.77. The van der Waals surface area contributed by atoms with Gasteiger partial charge in [-0.1, -0.05) is 12.1 Å². The van der Waals surface area contributed by atoms with Gasteiger partial charge in [-0.05, 0) is 30.3 Å². The van der Waals surface area contributed by atoms with Crippen LogP contribution in [0.15, 0.2) is 42.5 Å². The number of hydrogen-bond acceptors (Lipinski definition) is 4. The van der Waals surface area contributed by atoms with Crippen LogP contribution >= 0.6 is 0 Å². The molecule has 2 aromatic carbocycles. The molecular weight excluding hydrogens is 256 g/mol. The molecule has 102 valence electrons. The van der Waals surface area contributed by atoms with Gasteiger partial charge in [-0.15, -0.1) is 0 Å². The van der Waals surface area contributed by atoms with E-state index in [1.807, 2.05) is 18.2 Å². The Hall–Kier alpha value is -2.69. The second-order valence-electron chi connectivity index (χ2n) is 4.52. The standard InChI is InChI=1S/C15H14N2O3/c1-20-9-6-7-13(18)11(8-9)14-16-12-5-3-2-4-10(12)15(19)17-14/h2-8,14,16,18H,1H3,(H,17,19). The highest BCUT2D eigenvalue weighted by atomic mass is 16.5. The minimum absolute atomic E-state index is 0.1000. The molecule has 1 aliphatic heterocycles. The molecule has 1 atom stereocenters. The molecule has 20 heavy (non-hydrogen) atoms. The Kier molecular flexibility index (Phi) is 2.95. The van der Waals surface area contributed by atoms with Gasteiger partial charge >= 0.3 is 0 Å². The predicted octanol–water partition coefficient (Wildman–Crippen LogP) is 2.25. The molecule has 0 radical (unpaired) electrons. The number of para-hydroxylation sites is 1. The molecule has 5 nitrogen and oxygen atoms in total. The number of anilines is 1. The third-order valence-corrected chi connectivity index (χ3v) is 3.29. The van der Waals surface area contributed by atoms with Gasteiger partial charge in [0.05, 0.1) is 12.7 Å². The van der Waals surface area contributed by atoms with Crippen LogP contribution in [-0.4, -0.2) is 18.1 Å². The fraction of sp³-hybridized carbons (Fsp3) is 0.133. The van der Waals surface area contributed by atoms with Gasteiger partial charge in [-0.2, -0.15) is 0 Å². The maximum absolute atomic E-state index is 12.1. The van der Waals surface area contributed by atoms with E-state index in [1.54, 1.807) is 31.4 Å². The number of phenolic OH excluding ortho intramolecular Hbond substituents is 1. The van der Waals surface area contributed by atoms with Crippen LogP contribution in [0.4, 0.5) is 5.69 Å². The van der Waals surface area contributed by atoms with Crippen molar-refractivity contribution in [1.82, 2.24) is 5.32 Å². The summed E-state index contributed by atoms with van der Waals surface area (Å²) in [6, 6.07) is 12.1. The Labute approximate surface area is 116 Å². The van der Waals surface area contributed by atoms with Crippen molar-refractivity contribution in [2.45, 2.75) is 6.17 Å². The molecule has 1 unspecified atom stereocenters. The first-order valence-electron chi connectivity index (χ1n) is 6.22. The number of fused-ring (bicyclic) bond motifs is 1. The van der Waals surface area contributed by atoms with Crippen LogP contribution in [0, 0.1) is 0 Å². The number of nitrogens with one attached hydrogen (secondary N) is 2. The zero-order valence-electron chi connectivity index (χ0n) is 10.9. The van der Waals surface area contributed by atoms with Crippen molar-refractivity contribution in [2.75, 3.05) is 12.4 Å². The summed E-state index contributed by atoms with van der Waals surface area (Å²) in [7, 11) is 1.55. The van der Waals surface area contributed by atoms with Gasteiger partial charge in [0.15, 0.2) is 0 Å². The molecule has 1 heterocycles. The smallest absolute Gasteiger partial charge is 0.255 e. The Morgan fingerprint density at radius 3 is 2.75 bits per heavy atom. The monoisotopic (exact) mass is 270 g/mol. The first kappa shape index (κ1) is 12.3. The van der Waals surface area contributed by atoms with Crippen molar-refractivity contribution in [3.63, 3.8) is 0 Å². The van der Waals surface area contributed by atoms with Gasteiger partial charge in [0, 0.05) is 11.3 Å². The summed E-state index contributed by atoms with van der Waals surface area (Å²) in [5.41, 5.74) is 1.89. The summed E-state index contributed by atoms with van der Waals surface area (Å²) in [6.45, 7) is 0. The number of carbonyl (C=O) groups is 1. The van der Waals surface area contributed by atoms with Crippen LogP contribution < -0.4 is 15.4 Å². The largest absolute Gasteiger partial charge is 0.508 e. The Morgan fingerprint density at radius 2 is 1.95 bits per heavy atom. The lowest BCUT2D eigenvalue weighted by Crippen LogP contribution is -2.38. The van der Waals surface area contributed by atoms with Crippen molar-refractivity contribution in [1.29, 1.82) is 0 Å². The minimum atomic E-state index is -0.493. The van der Waals surface area contributed by atoms with Gasteiger partial charge in [0.1, 0.15) is 17.7 Å². The Morgan fingerprint density at radius 1 is 1.15 bits per heavy atom. The van der Waals surface area contributed by atoms with E-state index in [-0.39, 0.29) is 11.7 Å². The van der Waals surface area contributed by atoms with Crippen molar-refractivity contribution in [3.8, 4) is 11.5 Å². The van der Waals surface area contributed by atoms with E-state index in [9.17, 15) is 9.90 Å². The first-order valence-corrected chi connectivity index (χ1v) is 6.22. The van der Waals surface area contributed by atoms with Gasteiger partial charge in [-0.25, -0.2) is 0 Å². The van der Waals surface area contributed by atoms with Crippen LogP contribution in [0.5, 0.6) is 11.5 Å². The molecule has 0 bridgehead atoms. The second-order valence-corrected chi connectivity index (χ2v) is 4.52. The normalized spacial score (nSPS) is 16.9. The number of rotatable bonds is 2. The van der Waals surface area contributed by atoms with Crippen LogP contribution in [0.1, 0.15) is 22.1 Å². The van der Waals surface area contributed by atoms with Gasteiger partial charge in [0.2, 0.25) is 0 Å². The van der Waals surface area contributed by atoms with Crippen LogP contribution in [0.3, 0.4) is 0 Å².